The number of Topliss-reactive ketones (excluding diaryl/α,β-unsaturated/α-hetero) is 1. The molecule has 0 aromatic carbocycles. The van der Waals surface area contributed by atoms with Crippen molar-refractivity contribution >= 4 is 5.78 Å². The van der Waals surface area contributed by atoms with Crippen molar-refractivity contribution in [3.63, 3.8) is 0 Å². The van der Waals surface area contributed by atoms with Gasteiger partial charge in [-0.3, -0.25) is 4.79 Å². The molecule has 0 radical (unpaired) electrons. The number of ether oxygens (including phenoxy) is 1. The monoisotopic (exact) mass is 224 g/mol. The molecule has 2 saturated carbocycles. The molecule has 0 amide bonds. The fourth-order valence-electron chi connectivity index (χ4n) is 3.20. The maximum atomic E-state index is 12.4. The molecule has 0 bridgehead atoms. The Kier molecular flexibility index (Phi) is 3.68. The average molecular weight is 224 g/mol. The molecule has 2 aliphatic carbocycles. The molecular formula is C14H24O2. The first-order chi connectivity index (χ1) is 7.66. The minimum absolute atomic E-state index is 0.381. The second kappa shape index (κ2) is 4.87. The van der Waals surface area contributed by atoms with Crippen LogP contribution in [0.1, 0.15) is 58.3 Å². The molecule has 0 aliphatic heterocycles. The van der Waals surface area contributed by atoms with Gasteiger partial charge < -0.3 is 4.74 Å². The maximum Gasteiger partial charge on any atom is 0.164 e. The molecule has 2 nitrogen and oxygen atoms in total. The van der Waals surface area contributed by atoms with E-state index in [9.17, 15) is 4.79 Å². The number of carbonyl (C=O) groups is 1. The average Bonchev–Trinajstić information content (AvgIpc) is 2.23. The molecule has 2 heteroatoms. The number of ketones is 1. The first kappa shape index (κ1) is 12.1. The summed E-state index contributed by atoms with van der Waals surface area (Å²) in [5.41, 5.74) is -0.423. The van der Waals surface area contributed by atoms with E-state index in [1.54, 1.807) is 7.11 Å². The zero-order chi connectivity index (χ0) is 11.6. The van der Waals surface area contributed by atoms with Crippen molar-refractivity contribution in [2.75, 3.05) is 7.11 Å². The lowest BCUT2D eigenvalue weighted by Gasteiger charge is -2.39. The van der Waals surface area contributed by atoms with Gasteiger partial charge in [-0.1, -0.05) is 32.6 Å². The number of rotatable bonds is 4. The lowest BCUT2D eigenvalue weighted by atomic mass is 9.72. The lowest BCUT2D eigenvalue weighted by molar-refractivity contribution is -0.148. The van der Waals surface area contributed by atoms with Gasteiger partial charge in [0.1, 0.15) is 5.60 Å². The minimum Gasteiger partial charge on any atom is -0.370 e. The molecule has 0 spiro atoms. The summed E-state index contributed by atoms with van der Waals surface area (Å²) in [6.07, 6.45) is 8.86. The zero-order valence-electron chi connectivity index (χ0n) is 10.6. The molecule has 92 valence electrons. The normalized spacial score (nSPS) is 35.8. The highest BCUT2D eigenvalue weighted by molar-refractivity contribution is 5.87. The lowest BCUT2D eigenvalue weighted by Crippen LogP contribution is -2.45. The zero-order valence-corrected chi connectivity index (χ0v) is 10.6. The molecular weight excluding hydrogens is 200 g/mol. The van der Waals surface area contributed by atoms with Crippen LogP contribution in [-0.2, 0) is 9.53 Å². The second-order valence-corrected chi connectivity index (χ2v) is 5.82. The molecule has 0 aromatic rings. The summed E-state index contributed by atoms with van der Waals surface area (Å²) in [7, 11) is 1.72. The van der Waals surface area contributed by atoms with Gasteiger partial charge in [0.15, 0.2) is 5.78 Å². The van der Waals surface area contributed by atoms with Crippen molar-refractivity contribution in [2.24, 2.45) is 11.8 Å². The number of carbonyl (C=O) groups excluding carboxylic acids is 1. The topological polar surface area (TPSA) is 26.3 Å². The van der Waals surface area contributed by atoms with Crippen LogP contribution in [0.25, 0.3) is 0 Å². The summed E-state index contributed by atoms with van der Waals surface area (Å²) in [5, 5.41) is 0. The Labute approximate surface area is 98.7 Å². The predicted molar refractivity (Wildman–Crippen MR) is 64.3 cm³/mol. The van der Waals surface area contributed by atoms with Crippen molar-refractivity contribution < 1.29 is 9.53 Å². The Hall–Kier alpha value is -0.370. The Morgan fingerprint density at radius 1 is 1.31 bits per heavy atom. The van der Waals surface area contributed by atoms with Crippen LogP contribution in [0, 0.1) is 11.8 Å². The standard InChI is InChI=1S/C14H24O2/c1-11-5-4-8-14(10-11,16-2)13(15)9-12-6-3-7-12/h11-12H,3-10H2,1-2H3. The van der Waals surface area contributed by atoms with Gasteiger partial charge in [-0.05, 0) is 31.1 Å². The molecule has 0 N–H and O–H groups in total. The second-order valence-electron chi connectivity index (χ2n) is 5.82. The third-order valence-corrected chi connectivity index (χ3v) is 4.55. The molecule has 2 rings (SSSR count). The van der Waals surface area contributed by atoms with E-state index in [1.165, 1.54) is 25.7 Å². The number of methoxy groups -OCH3 is 1. The van der Waals surface area contributed by atoms with E-state index >= 15 is 0 Å². The largest absolute Gasteiger partial charge is 0.370 e. The van der Waals surface area contributed by atoms with Gasteiger partial charge in [0.05, 0.1) is 0 Å². The molecule has 2 aliphatic rings. The highest BCUT2D eigenvalue weighted by Crippen LogP contribution is 2.39. The number of hydrogen-bond donors (Lipinski definition) is 0. The highest BCUT2D eigenvalue weighted by Gasteiger charge is 2.42. The molecule has 2 atom stereocenters. The molecule has 0 heterocycles. The van der Waals surface area contributed by atoms with Gasteiger partial charge >= 0.3 is 0 Å². The van der Waals surface area contributed by atoms with Crippen LogP contribution in [0.5, 0.6) is 0 Å². The Balaban J connectivity index is 1.98. The van der Waals surface area contributed by atoms with Crippen molar-refractivity contribution in [3.8, 4) is 0 Å². The molecule has 0 aromatic heterocycles. The van der Waals surface area contributed by atoms with E-state index in [0.717, 1.165) is 25.7 Å². The van der Waals surface area contributed by atoms with E-state index in [-0.39, 0.29) is 0 Å². The van der Waals surface area contributed by atoms with Crippen LogP contribution in [0.15, 0.2) is 0 Å². The van der Waals surface area contributed by atoms with Gasteiger partial charge in [-0.25, -0.2) is 0 Å². The van der Waals surface area contributed by atoms with Crippen LogP contribution in [-0.4, -0.2) is 18.5 Å². The van der Waals surface area contributed by atoms with Gasteiger partial charge in [-0.2, -0.15) is 0 Å². The van der Waals surface area contributed by atoms with E-state index in [2.05, 4.69) is 6.92 Å². The summed E-state index contributed by atoms with van der Waals surface area (Å²) >= 11 is 0. The minimum atomic E-state index is -0.423. The fourth-order valence-corrected chi connectivity index (χ4v) is 3.20. The van der Waals surface area contributed by atoms with Crippen LogP contribution in [0.2, 0.25) is 0 Å². The van der Waals surface area contributed by atoms with Gasteiger partial charge in [-0.15, -0.1) is 0 Å². The maximum absolute atomic E-state index is 12.4. The SMILES string of the molecule is COC1(C(=O)CC2CCC2)CCCC(C)C1. The van der Waals surface area contributed by atoms with Crippen molar-refractivity contribution in [1.29, 1.82) is 0 Å². The predicted octanol–water partition coefficient (Wildman–Crippen LogP) is 3.34. The van der Waals surface area contributed by atoms with E-state index in [0.29, 0.717) is 17.6 Å². The van der Waals surface area contributed by atoms with Crippen LogP contribution < -0.4 is 0 Å². The van der Waals surface area contributed by atoms with Crippen molar-refractivity contribution in [2.45, 2.75) is 63.9 Å². The van der Waals surface area contributed by atoms with Crippen LogP contribution in [0.3, 0.4) is 0 Å². The Morgan fingerprint density at radius 2 is 2.06 bits per heavy atom. The van der Waals surface area contributed by atoms with Crippen LogP contribution >= 0.6 is 0 Å². The molecule has 2 unspecified atom stereocenters. The number of hydrogen-bond acceptors (Lipinski definition) is 2. The van der Waals surface area contributed by atoms with Gasteiger partial charge in [0.25, 0.3) is 0 Å². The molecule has 2 fully saturated rings. The smallest absolute Gasteiger partial charge is 0.164 e. The summed E-state index contributed by atoms with van der Waals surface area (Å²) in [6.45, 7) is 2.24. The van der Waals surface area contributed by atoms with Crippen molar-refractivity contribution in [1.82, 2.24) is 0 Å². The summed E-state index contributed by atoms with van der Waals surface area (Å²) in [6, 6.07) is 0. The molecule has 0 saturated heterocycles. The van der Waals surface area contributed by atoms with E-state index < -0.39 is 5.60 Å². The molecule has 16 heavy (non-hydrogen) atoms. The van der Waals surface area contributed by atoms with E-state index in [1.807, 2.05) is 0 Å². The summed E-state index contributed by atoms with van der Waals surface area (Å²) < 4.78 is 5.63. The Bertz CT molecular complexity index is 257. The fraction of sp³-hybridized carbons (Fsp3) is 0.929. The third-order valence-electron chi connectivity index (χ3n) is 4.55. The quantitative estimate of drug-likeness (QED) is 0.732. The third kappa shape index (κ3) is 2.32. The first-order valence-corrected chi connectivity index (χ1v) is 6.75. The van der Waals surface area contributed by atoms with Crippen molar-refractivity contribution in [3.05, 3.63) is 0 Å². The van der Waals surface area contributed by atoms with Gasteiger partial charge in [0, 0.05) is 13.5 Å². The van der Waals surface area contributed by atoms with Crippen LogP contribution in [0.4, 0.5) is 0 Å². The van der Waals surface area contributed by atoms with Gasteiger partial charge in [0.2, 0.25) is 0 Å². The Morgan fingerprint density at radius 3 is 2.56 bits per heavy atom. The highest BCUT2D eigenvalue weighted by atomic mass is 16.5. The summed E-state index contributed by atoms with van der Waals surface area (Å²) in [5.74, 6) is 1.68. The summed E-state index contributed by atoms with van der Waals surface area (Å²) in [4.78, 5) is 12.4. The van der Waals surface area contributed by atoms with E-state index in [4.69, 9.17) is 4.74 Å². The first-order valence-electron chi connectivity index (χ1n) is 6.75.